The van der Waals surface area contributed by atoms with Crippen molar-refractivity contribution in [3.63, 3.8) is 0 Å². The summed E-state index contributed by atoms with van der Waals surface area (Å²) in [7, 11) is 0. The maximum Gasteiger partial charge on any atom is 0.227 e. The maximum absolute atomic E-state index is 14.5. The van der Waals surface area contributed by atoms with Crippen LogP contribution in [0.2, 0.25) is 0 Å². The van der Waals surface area contributed by atoms with Crippen molar-refractivity contribution in [2.75, 3.05) is 19.7 Å². The van der Waals surface area contributed by atoms with Gasteiger partial charge in [-0.05, 0) is 77.1 Å². The molecule has 190 valence electrons. The van der Waals surface area contributed by atoms with Crippen LogP contribution in [-0.4, -0.2) is 51.2 Å². The fourth-order valence-electron chi connectivity index (χ4n) is 3.69. The number of hydrogen-bond acceptors (Lipinski definition) is 5. The van der Waals surface area contributed by atoms with Gasteiger partial charge < -0.3 is 14.6 Å². The van der Waals surface area contributed by atoms with Crippen molar-refractivity contribution >= 4 is 0 Å². The van der Waals surface area contributed by atoms with Gasteiger partial charge in [0.15, 0.2) is 11.6 Å². The minimum Gasteiger partial charge on any atom is -0.435 e. The minimum absolute atomic E-state index is 0.0673. The number of ether oxygens (including phenoxy) is 2. The maximum atomic E-state index is 14.5. The third-order valence-corrected chi connectivity index (χ3v) is 5.35. The summed E-state index contributed by atoms with van der Waals surface area (Å²) < 4.78 is 41.4. The van der Waals surface area contributed by atoms with E-state index in [1.807, 2.05) is 27.7 Å². The van der Waals surface area contributed by atoms with Crippen LogP contribution in [-0.2, 0) is 11.3 Å². The summed E-state index contributed by atoms with van der Waals surface area (Å²) in [5, 5.41) is 15.2. The van der Waals surface area contributed by atoms with Crippen molar-refractivity contribution in [3.8, 4) is 17.3 Å². The van der Waals surface area contributed by atoms with Gasteiger partial charge in [0.05, 0.1) is 35.3 Å². The largest absolute Gasteiger partial charge is 0.435 e. The molecule has 1 heterocycles. The third-order valence-electron chi connectivity index (χ3n) is 5.35. The molecule has 1 atom stereocenters. The second kappa shape index (κ2) is 11.7. The summed E-state index contributed by atoms with van der Waals surface area (Å²) in [4.78, 5) is 2.10. The van der Waals surface area contributed by atoms with Crippen molar-refractivity contribution in [3.05, 3.63) is 71.4 Å². The van der Waals surface area contributed by atoms with Crippen LogP contribution in [0.5, 0.6) is 11.6 Å². The van der Waals surface area contributed by atoms with E-state index >= 15 is 0 Å². The Labute approximate surface area is 206 Å². The molecule has 0 spiro atoms. The minimum atomic E-state index is -0.677. The van der Waals surface area contributed by atoms with E-state index in [1.165, 1.54) is 18.2 Å². The van der Waals surface area contributed by atoms with E-state index in [-0.39, 0.29) is 23.8 Å². The molecular formula is C27H35F2N3O3. The van der Waals surface area contributed by atoms with E-state index in [0.29, 0.717) is 30.4 Å². The molecule has 0 aliphatic heterocycles. The fraction of sp³-hybridized carbons (Fsp3) is 0.444. The van der Waals surface area contributed by atoms with Crippen LogP contribution < -0.4 is 4.74 Å². The summed E-state index contributed by atoms with van der Waals surface area (Å²) in [5.74, 6) is -0.448. The third kappa shape index (κ3) is 7.59. The number of nitrogens with zero attached hydrogens (tertiary/aromatic N) is 3. The molecule has 6 nitrogen and oxygen atoms in total. The fourth-order valence-corrected chi connectivity index (χ4v) is 3.69. The number of aliphatic hydroxyl groups excluding tert-OH is 1. The molecule has 0 aliphatic rings. The van der Waals surface area contributed by atoms with E-state index < -0.39 is 11.9 Å². The first-order chi connectivity index (χ1) is 16.6. The van der Waals surface area contributed by atoms with E-state index in [4.69, 9.17) is 9.47 Å². The predicted octanol–water partition coefficient (Wildman–Crippen LogP) is 5.64. The van der Waals surface area contributed by atoms with Gasteiger partial charge in [0.2, 0.25) is 5.88 Å². The zero-order valence-corrected chi connectivity index (χ0v) is 21.1. The van der Waals surface area contributed by atoms with Crippen LogP contribution >= 0.6 is 0 Å². The van der Waals surface area contributed by atoms with Gasteiger partial charge in [-0.2, -0.15) is 5.10 Å². The number of halogens is 2. The molecule has 8 heteroatoms. The quantitative estimate of drug-likeness (QED) is 0.379. The van der Waals surface area contributed by atoms with Crippen molar-refractivity contribution < 1.29 is 23.4 Å². The number of aryl methyl sites for hydroxylation is 1. The molecule has 0 radical (unpaired) electrons. The Morgan fingerprint density at radius 2 is 1.77 bits per heavy atom. The van der Waals surface area contributed by atoms with Gasteiger partial charge in [-0.1, -0.05) is 19.1 Å². The molecule has 0 amide bonds. The van der Waals surface area contributed by atoms with E-state index in [0.717, 1.165) is 18.5 Å². The average Bonchev–Trinajstić information content (AvgIpc) is 3.09. The molecule has 1 N–H and O–H groups in total. The van der Waals surface area contributed by atoms with Crippen molar-refractivity contribution in [2.24, 2.45) is 0 Å². The zero-order chi connectivity index (χ0) is 25.6. The summed E-state index contributed by atoms with van der Waals surface area (Å²) in [6.45, 7) is 11.5. The van der Waals surface area contributed by atoms with Gasteiger partial charge in [-0.3, -0.25) is 4.90 Å². The predicted molar refractivity (Wildman–Crippen MR) is 132 cm³/mol. The first-order valence-electron chi connectivity index (χ1n) is 11.9. The molecule has 0 bridgehead atoms. The normalized spacial score (nSPS) is 12.8. The lowest BCUT2D eigenvalue weighted by Crippen LogP contribution is -2.37. The smallest absolute Gasteiger partial charge is 0.227 e. The highest BCUT2D eigenvalue weighted by molar-refractivity contribution is 5.43. The molecule has 3 aromatic rings. The SMILES string of the molecule is CCCN(Cc1c(C)nn(-c2ccc(F)cc2)c1Oc1ccccc1F)CC(O)COC(C)(C)C. The van der Waals surface area contributed by atoms with Crippen LogP contribution in [0.3, 0.4) is 0 Å². The molecule has 3 rings (SSSR count). The highest BCUT2D eigenvalue weighted by Gasteiger charge is 2.24. The van der Waals surface area contributed by atoms with Gasteiger partial charge in [-0.25, -0.2) is 13.5 Å². The Bertz CT molecular complexity index is 1090. The zero-order valence-electron chi connectivity index (χ0n) is 21.1. The van der Waals surface area contributed by atoms with Gasteiger partial charge in [0.25, 0.3) is 0 Å². The highest BCUT2D eigenvalue weighted by Crippen LogP contribution is 2.33. The summed E-state index contributed by atoms with van der Waals surface area (Å²) in [5.41, 5.74) is 1.70. The van der Waals surface area contributed by atoms with Crippen LogP contribution in [0.1, 0.15) is 45.4 Å². The number of aromatic nitrogens is 2. The first kappa shape index (κ1) is 26.8. The van der Waals surface area contributed by atoms with Crippen LogP contribution in [0.15, 0.2) is 48.5 Å². The Hall–Kier alpha value is -2.81. The van der Waals surface area contributed by atoms with Crippen LogP contribution in [0, 0.1) is 18.6 Å². The van der Waals surface area contributed by atoms with Crippen molar-refractivity contribution in [1.82, 2.24) is 14.7 Å². The number of aliphatic hydroxyl groups is 1. The second-order valence-electron chi connectivity index (χ2n) is 9.60. The van der Waals surface area contributed by atoms with Crippen molar-refractivity contribution in [1.29, 1.82) is 0 Å². The molecule has 0 saturated heterocycles. The van der Waals surface area contributed by atoms with Gasteiger partial charge in [-0.15, -0.1) is 0 Å². The number of benzene rings is 2. The van der Waals surface area contributed by atoms with Crippen LogP contribution in [0.25, 0.3) is 5.69 Å². The lowest BCUT2D eigenvalue weighted by Gasteiger charge is -2.27. The van der Waals surface area contributed by atoms with Gasteiger partial charge in [0.1, 0.15) is 5.82 Å². The molecule has 35 heavy (non-hydrogen) atoms. The summed E-state index contributed by atoms with van der Waals surface area (Å²) in [6, 6.07) is 12.0. The Morgan fingerprint density at radius 1 is 1.09 bits per heavy atom. The number of para-hydroxylation sites is 1. The Kier molecular flexibility index (Phi) is 8.99. The second-order valence-corrected chi connectivity index (χ2v) is 9.60. The average molecular weight is 488 g/mol. The number of hydrogen-bond donors (Lipinski definition) is 1. The standard InChI is InChI=1S/C27H35F2N3O3/c1-6-15-31(16-22(33)18-34-27(3,4)5)17-23-19(2)30-32(21-13-11-20(28)12-14-21)26(23)35-25-10-8-7-9-24(25)29/h7-14,22,33H,6,15-18H2,1-5H3. The lowest BCUT2D eigenvalue weighted by atomic mass is 10.2. The number of rotatable bonds is 11. The molecule has 0 aliphatic carbocycles. The molecule has 2 aromatic carbocycles. The monoisotopic (exact) mass is 487 g/mol. The topological polar surface area (TPSA) is 59.8 Å². The van der Waals surface area contributed by atoms with Gasteiger partial charge in [0, 0.05) is 13.1 Å². The molecule has 1 aromatic heterocycles. The Balaban J connectivity index is 1.94. The van der Waals surface area contributed by atoms with E-state index in [9.17, 15) is 13.9 Å². The molecule has 1 unspecified atom stereocenters. The molecule has 0 saturated carbocycles. The summed E-state index contributed by atoms with van der Waals surface area (Å²) >= 11 is 0. The van der Waals surface area contributed by atoms with Crippen molar-refractivity contribution in [2.45, 2.75) is 59.3 Å². The Morgan fingerprint density at radius 3 is 2.40 bits per heavy atom. The highest BCUT2D eigenvalue weighted by atomic mass is 19.1. The van der Waals surface area contributed by atoms with Gasteiger partial charge >= 0.3 is 0 Å². The first-order valence-corrected chi connectivity index (χ1v) is 11.9. The van der Waals surface area contributed by atoms with E-state index in [2.05, 4.69) is 16.9 Å². The lowest BCUT2D eigenvalue weighted by molar-refractivity contribution is -0.0567. The molecular weight excluding hydrogens is 452 g/mol. The van der Waals surface area contributed by atoms with E-state index in [1.54, 1.807) is 35.0 Å². The summed E-state index contributed by atoms with van der Waals surface area (Å²) in [6.07, 6.45) is 0.200. The molecule has 0 fully saturated rings. The van der Waals surface area contributed by atoms with Crippen LogP contribution in [0.4, 0.5) is 8.78 Å².